The molecular weight excluding hydrogens is 318 g/mol. The van der Waals surface area contributed by atoms with Crippen LogP contribution >= 0.6 is 0 Å². The molecule has 0 radical (unpaired) electrons. The highest BCUT2D eigenvalue weighted by molar-refractivity contribution is 5.55. The van der Waals surface area contributed by atoms with Crippen LogP contribution < -0.4 is 9.64 Å². The molecule has 1 aliphatic heterocycles. The zero-order valence-corrected chi connectivity index (χ0v) is 15.1. The third-order valence-electron chi connectivity index (χ3n) is 5.04. The zero-order chi connectivity index (χ0) is 17.6. The highest BCUT2D eigenvalue weighted by Crippen LogP contribution is 2.27. The SMILES string of the molecule is c1ccc(Cc2ccccc2OCCN2CCCc3ccccc32)cc1. The number of hydrogen-bond donors (Lipinski definition) is 0. The molecule has 0 amide bonds. The zero-order valence-electron chi connectivity index (χ0n) is 15.1. The lowest BCUT2D eigenvalue weighted by atomic mass is 10.0. The van der Waals surface area contributed by atoms with Crippen molar-refractivity contribution in [2.24, 2.45) is 0 Å². The minimum atomic E-state index is 0.708. The normalized spacial score (nSPS) is 13.3. The molecule has 1 aliphatic rings. The molecule has 132 valence electrons. The van der Waals surface area contributed by atoms with Gasteiger partial charge in [0.15, 0.2) is 0 Å². The molecule has 3 aromatic carbocycles. The van der Waals surface area contributed by atoms with E-state index in [4.69, 9.17) is 4.74 Å². The van der Waals surface area contributed by atoms with Crippen molar-refractivity contribution >= 4 is 5.69 Å². The highest BCUT2D eigenvalue weighted by Gasteiger charge is 2.16. The molecule has 0 aliphatic carbocycles. The van der Waals surface area contributed by atoms with Crippen molar-refractivity contribution in [3.63, 3.8) is 0 Å². The van der Waals surface area contributed by atoms with Crippen LogP contribution in [0.25, 0.3) is 0 Å². The summed E-state index contributed by atoms with van der Waals surface area (Å²) in [7, 11) is 0. The quantitative estimate of drug-likeness (QED) is 0.617. The predicted octanol–water partition coefficient (Wildman–Crippen LogP) is 5.11. The number of nitrogens with zero attached hydrogens (tertiary/aromatic N) is 1. The fourth-order valence-corrected chi connectivity index (χ4v) is 3.72. The van der Waals surface area contributed by atoms with Crippen molar-refractivity contribution in [1.29, 1.82) is 0 Å². The van der Waals surface area contributed by atoms with Crippen LogP contribution in [-0.2, 0) is 12.8 Å². The van der Waals surface area contributed by atoms with Gasteiger partial charge in [-0.2, -0.15) is 0 Å². The molecule has 2 nitrogen and oxygen atoms in total. The smallest absolute Gasteiger partial charge is 0.122 e. The topological polar surface area (TPSA) is 12.5 Å². The summed E-state index contributed by atoms with van der Waals surface area (Å²) < 4.78 is 6.19. The maximum Gasteiger partial charge on any atom is 0.122 e. The minimum Gasteiger partial charge on any atom is -0.491 e. The Labute approximate surface area is 156 Å². The van der Waals surface area contributed by atoms with E-state index in [1.54, 1.807) is 0 Å². The fraction of sp³-hybridized carbons (Fsp3) is 0.250. The second-order valence-corrected chi connectivity index (χ2v) is 6.84. The molecule has 3 aromatic rings. The fourth-order valence-electron chi connectivity index (χ4n) is 3.72. The molecule has 0 saturated heterocycles. The Kier molecular flexibility index (Phi) is 5.20. The third kappa shape index (κ3) is 3.91. The van der Waals surface area contributed by atoms with Gasteiger partial charge in [-0.3, -0.25) is 0 Å². The van der Waals surface area contributed by atoms with Crippen LogP contribution in [0.1, 0.15) is 23.1 Å². The van der Waals surface area contributed by atoms with Gasteiger partial charge in [0.1, 0.15) is 12.4 Å². The summed E-state index contributed by atoms with van der Waals surface area (Å²) >= 11 is 0. The largest absolute Gasteiger partial charge is 0.491 e. The van der Waals surface area contributed by atoms with Gasteiger partial charge < -0.3 is 9.64 Å². The van der Waals surface area contributed by atoms with Crippen molar-refractivity contribution < 1.29 is 4.74 Å². The van der Waals surface area contributed by atoms with E-state index < -0.39 is 0 Å². The first-order valence-electron chi connectivity index (χ1n) is 9.47. The molecule has 0 N–H and O–H groups in total. The standard InChI is InChI=1S/C24H25NO/c1-2-9-20(10-3-1)19-22-12-5-7-15-24(22)26-18-17-25-16-8-13-21-11-4-6-14-23(21)25/h1-7,9-12,14-15H,8,13,16-19H2. The van der Waals surface area contributed by atoms with Crippen LogP contribution in [0.3, 0.4) is 0 Å². The third-order valence-corrected chi connectivity index (χ3v) is 5.04. The maximum atomic E-state index is 6.19. The number of ether oxygens (including phenoxy) is 1. The summed E-state index contributed by atoms with van der Waals surface area (Å²) in [5.74, 6) is 1.00. The summed E-state index contributed by atoms with van der Waals surface area (Å²) in [5.41, 5.74) is 5.40. The van der Waals surface area contributed by atoms with Crippen molar-refractivity contribution in [3.8, 4) is 5.75 Å². The first-order valence-corrected chi connectivity index (χ1v) is 9.47. The number of anilines is 1. The molecule has 4 rings (SSSR count). The van der Waals surface area contributed by atoms with E-state index in [0.29, 0.717) is 6.61 Å². The number of rotatable bonds is 6. The lowest BCUT2D eigenvalue weighted by molar-refractivity contribution is 0.320. The van der Waals surface area contributed by atoms with Crippen LogP contribution in [0, 0.1) is 0 Å². The van der Waals surface area contributed by atoms with Gasteiger partial charge in [-0.1, -0.05) is 66.7 Å². The van der Waals surface area contributed by atoms with E-state index in [-0.39, 0.29) is 0 Å². The molecule has 2 heteroatoms. The summed E-state index contributed by atoms with van der Waals surface area (Å²) in [4.78, 5) is 2.46. The van der Waals surface area contributed by atoms with Gasteiger partial charge >= 0.3 is 0 Å². The maximum absolute atomic E-state index is 6.19. The number of aryl methyl sites for hydroxylation is 1. The number of para-hydroxylation sites is 2. The van der Waals surface area contributed by atoms with Gasteiger partial charge in [0.05, 0.1) is 6.54 Å². The van der Waals surface area contributed by atoms with E-state index in [1.165, 1.54) is 35.2 Å². The number of benzene rings is 3. The molecule has 0 spiro atoms. The number of fused-ring (bicyclic) bond motifs is 1. The van der Waals surface area contributed by atoms with E-state index in [0.717, 1.165) is 25.3 Å². The second kappa shape index (κ2) is 8.09. The van der Waals surface area contributed by atoms with Gasteiger partial charge in [-0.25, -0.2) is 0 Å². The predicted molar refractivity (Wildman–Crippen MR) is 108 cm³/mol. The Morgan fingerprint density at radius 2 is 1.58 bits per heavy atom. The summed E-state index contributed by atoms with van der Waals surface area (Å²) in [6, 6.07) is 27.7. The lowest BCUT2D eigenvalue weighted by Crippen LogP contribution is -2.33. The monoisotopic (exact) mass is 343 g/mol. The van der Waals surface area contributed by atoms with E-state index in [1.807, 2.05) is 0 Å². The molecule has 26 heavy (non-hydrogen) atoms. The first-order chi connectivity index (χ1) is 12.9. The van der Waals surface area contributed by atoms with Gasteiger partial charge in [0.2, 0.25) is 0 Å². The highest BCUT2D eigenvalue weighted by atomic mass is 16.5. The van der Waals surface area contributed by atoms with Crippen LogP contribution in [0.15, 0.2) is 78.9 Å². The Hall–Kier alpha value is -2.74. The van der Waals surface area contributed by atoms with Crippen molar-refractivity contribution in [2.75, 3.05) is 24.6 Å². The molecule has 0 bridgehead atoms. The number of hydrogen-bond acceptors (Lipinski definition) is 2. The molecule has 1 heterocycles. The molecule has 0 atom stereocenters. The van der Waals surface area contributed by atoms with Gasteiger partial charge in [-0.15, -0.1) is 0 Å². The lowest BCUT2D eigenvalue weighted by Gasteiger charge is -2.31. The Balaban J connectivity index is 1.40. The van der Waals surface area contributed by atoms with Gasteiger partial charge in [-0.05, 0) is 41.7 Å². The van der Waals surface area contributed by atoms with Crippen molar-refractivity contribution in [2.45, 2.75) is 19.3 Å². The molecule has 0 fully saturated rings. The van der Waals surface area contributed by atoms with Crippen LogP contribution in [0.2, 0.25) is 0 Å². The molecule has 0 aromatic heterocycles. The van der Waals surface area contributed by atoms with Crippen LogP contribution in [0.5, 0.6) is 5.75 Å². The summed E-state index contributed by atoms with van der Waals surface area (Å²) in [5, 5.41) is 0. The van der Waals surface area contributed by atoms with E-state index >= 15 is 0 Å². The first kappa shape index (κ1) is 16.7. The second-order valence-electron chi connectivity index (χ2n) is 6.84. The minimum absolute atomic E-state index is 0.708. The van der Waals surface area contributed by atoms with Crippen molar-refractivity contribution in [1.82, 2.24) is 0 Å². The van der Waals surface area contributed by atoms with Crippen molar-refractivity contribution in [3.05, 3.63) is 95.6 Å². The summed E-state index contributed by atoms with van der Waals surface area (Å²) in [6.07, 6.45) is 3.32. The van der Waals surface area contributed by atoms with E-state index in [9.17, 15) is 0 Å². The average molecular weight is 343 g/mol. The van der Waals surface area contributed by atoms with E-state index in [2.05, 4.69) is 83.8 Å². The Bertz CT molecular complexity index is 844. The molecular formula is C24H25NO. The van der Waals surface area contributed by atoms with Crippen LogP contribution in [0.4, 0.5) is 5.69 Å². The van der Waals surface area contributed by atoms with Crippen LogP contribution in [-0.4, -0.2) is 19.7 Å². The summed E-state index contributed by atoms with van der Waals surface area (Å²) in [6.45, 7) is 2.75. The molecule has 0 unspecified atom stereocenters. The van der Waals surface area contributed by atoms with Gasteiger partial charge in [0, 0.05) is 18.7 Å². The van der Waals surface area contributed by atoms with Gasteiger partial charge in [0.25, 0.3) is 0 Å². The Morgan fingerprint density at radius 3 is 2.50 bits per heavy atom. The average Bonchev–Trinajstić information content (AvgIpc) is 2.70. The molecule has 0 saturated carbocycles. The Morgan fingerprint density at radius 1 is 0.808 bits per heavy atom.